The highest BCUT2D eigenvalue weighted by atomic mass is 16.5. The van der Waals surface area contributed by atoms with Crippen LogP contribution in [0.25, 0.3) is 0 Å². The standard InChI is InChI=1S/C11H14O3/c1-2-3-4-7-14-11-8-9(12)5-6-10(11)13/h5-6,8H,2-4,7H2,1H3. The van der Waals surface area contributed by atoms with E-state index < -0.39 is 0 Å². The van der Waals surface area contributed by atoms with Crippen molar-refractivity contribution in [1.29, 1.82) is 0 Å². The third-order valence-corrected chi connectivity index (χ3v) is 1.92. The summed E-state index contributed by atoms with van der Waals surface area (Å²) in [6.07, 6.45) is 6.84. The van der Waals surface area contributed by atoms with Gasteiger partial charge in [0.05, 0.1) is 6.61 Å². The van der Waals surface area contributed by atoms with Crippen molar-refractivity contribution in [2.75, 3.05) is 6.61 Å². The van der Waals surface area contributed by atoms with Crippen LogP contribution in [0.1, 0.15) is 26.2 Å². The predicted octanol–water partition coefficient (Wildman–Crippen LogP) is 1.79. The van der Waals surface area contributed by atoms with Gasteiger partial charge in [0, 0.05) is 6.08 Å². The molecule has 0 N–H and O–H groups in total. The zero-order valence-electron chi connectivity index (χ0n) is 8.29. The second kappa shape index (κ2) is 5.37. The van der Waals surface area contributed by atoms with Crippen LogP contribution in [0.5, 0.6) is 0 Å². The Hall–Kier alpha value is -1.38. The van der Waals surface area contributed by atoms with Crippen LogP contribution in [0.15, 0.2) is 24.0 Å². The van der Waals surface area contributed by atoms with Crippen molar-refractivity contribution < 1.29 is 14.3 Å². The largest absolute Gasteiger partial charge is 0.489 e. The Balaban J connectivity index is 2.36. The summed E-state index contributed by atoms with van der Waals surface area (Å²) in [6, 6.07) is 0. The maximum Gasteiger partial charge on any atom is 0.220 e. The molecular formula is C11H14O3. The van der Waals surface area contributed by atoms with Crippen LogP contribution in [0.2, 0.25) is 0 Å². The summed E-state index contributed by atoms with van der Waals surface area (Å²) >= 11 is 0. The molecule has 1 aliphatic rings. The van der Waals surface area contributed by atoms with Crippen LogP contribution >= 0.6 is 0 Å². The molecule has 3 heteroatoms. The molecule has 0 aromatic heterocycles. The summed E-state index contributed by atoms with van der Waals surface area (Å²) in [4.78, 5) is 22.1. The van der Waals surface area contributed by atoms with Gasteiger partial charge in [0.25, 0.3) is 0 Å². The molecule has 0 aromatic carbocycles. The monoisotopic (exact) mass is 194 g/mol. The number of carbonyl (C=O) groups excluding carboxylic acids is 2. The molecule has 1 aliphatic carbocycles. The fourth-order valence-electron chi connectivity index (χ4n) is 1.14. The fourth-order valence-corrected chi connectivity index (χ4v) is 1.14. The van der Waals surface area contributed by atoms with Crippen LogP contribution in [-0.2, 0) is 14.3 Å². The smallest absolute Gasteiger partial charge is 0.220 e. The molecule has 0 heterocycles. The molecule has 0 unspecified atom stereocenters. The number of allylic oxidation sites excluding steroid dienone is 3. The van der Waals surface area contributed by atoms with Crippen molar-refractivity contribution in [1.82, 2.24) is 0 Å². The average molecular weight is 194 g/mol. The fraction of sp³-hybridized carbons (Fsp3) is 0.455. The minimum absolute atomic E-state index is 0.175. The third kappa shape index (κ3) is 3.17. The molecule has 0 fully saturated rings. The Labute approximate surface area is 83.4 Å². The number of ether oxygens (including phenoxy) is 1. The molecule has 0 saturated carbocycles. The SMILES string of the molecule is CCCCCOC1=CC(=O)C=CC1=O. The van der Waals surface area contributed by atoms with Gasteiger partial charge in [-0.2, -0.15) is 0 Å². The van der Waals surface area contributed by atoms with Crippen molar-refractivity contribution in [2.24, 2.45) is 0 Å². The summed E-state index contributed by atoms with van der Waals surface area (Å²) in [7, 11) is 0. The molecule has 0 spiro atoms. The van der Waals surface area contributed by atoms with Crippen LogP contribution in [-0.4, -0.2) is 18.2 Å². The quantitative estimate of drug-likeness (QED) is 0.495. The van der Waals surface area contributed by atoms with Crippen LogP contribution in [0.3, 0.4) is 0 Å². The average Bonchev–Trinajstić information content (AvgIpc) is 2.18. The Bertz CT molecular complexity index is 287. The highest BCUT2D eigenvalue weighted by molar-refractivity contribution is 6.16. The van der Waals surface area contributed by atoms with Crippen LogP contribution in [0, 0.1) is 0 Å². The van der Waals surface area contributed by atoms with Gasteiger partial charge in [0.15, 0.2) is 11.5 Å². The minimum Gasteiger partial charge on any atom is -0.489 e. The zero-order chi connectivity index (χ0) is 10.4. The van der Waals surface area contributed by atoms with Crippen molar-refractivity contribution in [3.63, 3.8) is 0 Å². The molecule has 0 aromatic rings. The maximum absolute atomic E-state index is 11.2. The van der Waals surface area contributed by atoms with Crippen molar-refractivity contribution in [3.8, 4) is 0 Å². The van der Waals surface area contributed by atoms with E-state index >= 15 is 0 Å². The predicted molar refractivity (Wildman–Crippen MR) is 52.7 cm³/mol. The summed E-state index contributed by atoms with van der Waals surface area (Å²) in [5.41, 5.74) is 0. The maximum atomic E-state index is 11.2. The Morgan fingerprint density at radius 3 is 2.71 bits per heavy atom. The number of hydrogen-bond donors (Lipinski definition) is 0. The highest BCUT2D eigenvalue weighted by Gasteiger charge is 2.13. The van der Waals surface area contributed by atoms with E-state index in [1.807, 2.05) is 0 Å². The molecule has 0 atom stereocenters. The zero-order valence-corrected chi connectivity index (χ0v) is 8.29. The molecule has 3 nitrogen and oxygen atoms in total. The molecule has 76 valence electrons. The molecule has 1 rings (SSSR count). The lowest BCUT2D eigenvalue weighted by Gasteiger charge is -2.08. The van der Waals surface area contributed by atoms with E-state index in [1.165, 1.54) is 18.2 Å². The van der Waals surface area contributed by atoms with Gasteiger partial charge in [-0.25, -0.2) is 0 Å². The molecule has 0 radical (unpaired) electrons. The highest BCUT2D eigenvalue weighted by Crippen LogP contribution is 2.08. The lowest BCUT2D eigenvalue weighted by atomic mass is 10.1. The Morgan fingerprint density at radius 2 is 2.00 bits per heavy atom. The van der Waals surface area contributed by atoms with E-state index in [2.05, 4.69) is 6.92 Å². The van der Waals surface area contributed by atoms with E-state index in [4.69, 9.17) is 4.74 Å². The topological polar surface area (TPSA) is 43.4 Å². The van der Waals surface area contributed by atoms with Crippen LogP contribution < -0.4 is 0 Å². The minimum atomic E-state index is -0.221. The third-order valence-electron chi connectivity index (χ3n) is 1.92. The number of hydrogen-bond acceptors (Lipinski definition) is 3. The van der Waals surface area contributed by atoms with Crippen molar-refractivity contribution in [2.45, 2.75) is 26.2 Å². The van der Waals surface area contributed by atoms with Gasteiger partial charge >= 0.3 is 0 Å². The second-order valence-electron chi connectivity index (χ2n) is 3.16. The van der Waals surface area contributed by atoms with Crippen molar-refractivity contribution in [3.05, 3.63) is 24.0 Å². The van der Waals surface area contributed by atoms with Gasteiger partial charge in [-0.3, -0.25) is 9.59 Å². The van der Waals surface area contributed by atoms with Gasteiger partial charge in [-0.1, -0.05) is 19.8 Å². The van der Waals surface area contributed by atoms with E-state index in [0.717, 1.165) is 19.3 Å². The molecule has 0 saturated heterocycles. The first-order valence-corrected chi connectivity index (χ1v) is 4.85. The second-order valence-corrected chi connectivity index (χ2v) is 3.16. The van der Waals surface area contributed by atoms with E-state index in [-0.39, 0.29) is 17.3 Å². The number of ketones is 2. The van der Waals surface area contributed by atoms with Gasteiger partial charge in [0.1, 0.15) is 0 Å². The van der Waals surface area contributed by atoms with Crippen LogP contribution in [0.4, 0.5) is 0 Å². The van der Waals surface area contributed by atoms with E-state index in [0.29, 0.717) is 6.61 Å². The molecule has 14 heavy (non-hydrogen) atoms. The molecule has 0 aliphatic heterocycles. The van der Waals surface area contributed by atoms with Gasteiger partial charge in [0.2, 0.25) is 5.78 Å². The number of rotatable bonds is 5. The van der Waals surface area contributed by atoms with E-state index in [9.17, 15) is 9.59 Å². The first kappa shape index (κ1) is 10.7. The number of carbonyl (C=O) groups is 2. The van der Waals surface area contributed by atoms with Gasteiger partial charge in [-0.05, 0) is 18.6 Å². The molecular weight excluding hydrogens is 180 g/mol. The summed E-state index contributed by atoms with van der Waals surface area (Å²) in [6.45, 7) is 2.60. The lowest BCUT2D eigenvalue weighted by Crippen LogP contribution is -2.11. The van der Waals surface area contributed by atoms with Crippen molar-refractivity contribution >= 4 is 11.6 Å². The van der Waals surface area contributed by atoms with Gasteiger partial charge in [-0.15, -0.1) is 0 Å². The molecule has 0 amide bonds. The summed E-state index contributed by atoms with van der Waals surface area (Å²) in [5, 5.41) is 0. The first-order chi connectivity index (χ1) is 6.74. The van der Waals surface area contributed by atoms with E-state index in [1.54, 1.807) is 0 Å². The summed E-state index contributed by atoms with van der Waals surface area (Å²) < 4.78 is 5.21. The Morgan fingerprint density at radius 1 is 1.21 bits per heavy atom. The summed E-state index contributed by atoms with van der Waals surface area (Å²) in [5.74, 6) is -0.232. The van der Waals surface area contributed by atoms with Gasteiger partial charge < -0.3 is 4.74 Å². The lowest BCUT2D eigenvalue weighted by molar-refractivity contribution is -0.117. The molecule has 0 bridgehead atoms. The normalized spacial score (nSPS) is 15.6. The Kier molecular flexibility index (Phi) is 4.11. The number of unbranched alkanes of at least 4 members (excludes halogenated alkanes) is 2. The first-order valence-electron chi connectivity index (χ1n) is 4.85.